The van der Waals surface area contributed by atoms with E-state index in [4.69, 9.17) is 5.11 Å². The second-order valence-electron chi connectivity index (χ2n) is 6.76. The standard InChI is InChI=1S/C19H26N4O5S/c24-16(25)10-21-17(26)14(9-12-5-2-1-3-6-12)22-19(28)15(11-29)23-18(27)13-7-4-8-20-13/h1-3,5-6,13-15,20,29H,4,7-11H2,(H,21,26)(H,22,28)(H,23,27)(H,24,25). The Kier molecular flexibility index (Phi) is 8.94. The van der Waals surface area contributed by atoms with Crippen LogP contribution in [-0.2, 0) is 25.6 Å². The molecule has 5 N–H and O–H groups in total. The molecule has 1 aliphatic heterocycles. The summed E-state index contributed by atoms with van der Waals surface area (Å²) in [4.78, 5) is 48.1. The summed E-state index contributed by atoms with van der Waals surface area (Å²) < 4.78 is 0. The zero-order valence-electron chi connectivity index (χ0n) is 15.9. The molecule has 1 aromatic carbocycles. The Hall–Kier alpha value is -2.59. The van der Waals surface area contributed by atoms with Crippen molar-refractivity contribution < 1.29 is 24.3 Å². The summed E-state index contributed by atoms with van der Waals surface area (Å²) in [5.74, 6) is -2.59. The number of rotatable bonds is 10. The van der Waals surface area contributed by atoms with Crippen LogP contribution in [0.25, 0.3) is 0 Å². The average molecular weight is 423 g/mol. The van der Waals surface area contributed by atoms with E-state index in [0.29, 0.717) is 6.42 Å². The van der Waals surface area contributed by atoms with Gasteiger partial charge < -0.3 is 26.4 Å². The number of carboxylic acids is 1. The summed E-state index contributed by atoms with van der Waals surface area (Å²) in [5, 5.41) is 19.4. The Bertz CT molecular complexity index is 725. The van der Waals surface area contributed by atoms with Crippen molar-refractivity contribution in [3.8, 4) is 0 Å². The van der Waals surface area contributed by atoms with Gasteiger partial charge in [-0.15, -0.1) is 0 Å². The predicted octanol–water partition coefficient (Wildman–Crippen LogP) is -0.919. The third-order valence-electron chi connectivity index (χ3n) is 4.52. The van der Waals surface area contributed by atoms with E-state index in [2.05, 4.69) is 33.9 Å². The second kappa shape index (κ2) is 11.4. The van der Waals surface area contributed by atoms with E-state index in [1.807, 2.05) is 6.07 Å². The molecule has 1 aliphatic rings. The van der Waals surface area contributed by atoms with Gasteiger partial charge in [-0.05, 0) is 24.9 Å². The van der Waals surface area contributed by atoms with Gasteiger partial charge in [0, 0.05) is 12.2 Å². The van der Waals surface area contributed by atoms with Gasteiger partial charge in [0.2, 0.25) is 17.7 Å². The quantitative estimate of drug-likeness (QED) is 0.270. The highest BCUT2D eigenvalue weighted by atomic mass is 32.1. The summed E-state index contributed by atoms with van der Waals surface area (Å²) in [6, 6.07) is 6.77. The number of carboxylic acid groups (broad SMARTS) is 1. The van der Waals surface area contributed by atoms with Gasteiger partial charge in [-0.2, -0.15) is 12.6 Å². The average Bonchev–Trinajstić information content (AvgIpc) is 3.25. The number of carbonyl (C=O) groups excluding carboxylic acids is 3. The lowest BCUT2D eigenvalue weighted by Gasteiger charge is -2.23. The fourth-order valence-corrected chi connectivity index (χ4v) is 3.25. The van der Waals surface area contributed by atoms with E-state index < -0.39 is 36.4 Å². The number of aliphatic carboxylic acids is 1. The van der Waals surface area contributed by atoms with E-state index in [-0.39, 0.29) is 24.1 Å². The Morgan fingerprint density at radius 1 is 1.10 bits per heavy atom. The first-order valence-electron chi connectivity index (χ1n) is 9.39. The molecule has 0 aromatic heterocycles. The number of amides is 3. The van der Waals surface area contributed by atoms with Crippen molar-refractivity contribution in [1.29, 1.82) is 0 Å². The maximum absolute atomic E-state index is 12.7. The molecule has 0 aliphatic carbocycles. The lowest BCUT2D eigenvalue weighted by atomic mass is 10.0. The molecule has 9 nitrogen and oxygen atoms in total. The van der Waals surface area contributed by atoms with E-state index in [1.54, 1.807) is 24.3 Å². The van der Waals surface area contributed by atoms with Gasteiger partial charge in [0.05, 0.1) is 6.04 Å². The molecule has 1 saturated heterocycles. The second-order valence-corrected chi connectivity index (χ2v) is 7.12. The van der Waals surface area contributed by atoms with Crippen LogP contribution in [0, 0.1) is 0 Å². The molecule has 3 amide bonds. The molecule has 29 heavy (non-hydrogen) atoms. The normalized spacial score (nSPS) is 17.8. The minimum atomic E-state index is -1.19. The Morgan fingerprint density at radius 2 is 1.83 bits per heavy atom. The van der Waals surface area contributed by atoms with Gasteiger partial charge in [0.1, 0.15) is 18.6 Å². The summed E-state index contributed by atoms with van der Waals surface area (Å²) >= 11 is 4.14. The summed E-state index contributed by atoms with van der Waals surface area (Å²) in [6.45, 7) is 0.193. The smallest absolute Gasteiger partial charge is 0.322 e. The Labute approximate surface area is 174 Å². The van der Waals surface area contributed by atoms with Crippen molar-refractivity contribution in [2.24, 2.45) is 0 Å². The van der Waals surface area contributed by atoms with Crippen LogP contribution in [0.2, 0.25) is 0 Å². The molecule has 3 atom stereocenters. The summed E-state index contributed by atoms with van der Waals surface area (Å²) in [7, 11) is 0. The SMILES string of the molecule is O=C(O)CNC(=O)C(Cc1ccccc1)NC(=O)C(CS)NC(=O)C1CCCN1. The topological polar surface area (TPSA) is 137 Å². The van der Waals surface area contributed by atoms with Gasteiger partial charge >= 0.3 is 5.97 Å². The van der Waals surface area contributed by atoms with Crippen LogP contribution in [-0.4, -0.2) is 65.8 Å². The third-order valence-corrected chi connectivity index (χ3v) is 4.89. The molecule has 0 radical (unpaired) electrons. The zero-order valence-corrected chi connectivity index (χ0v) is 16.8. The fourth-order valence-electron chi connectivity index (χ4n) is 2.99. The molecule has 1 heterocycles. The van der Waals surface area contributed by atoms with Crippen molar-refractivity contribution in [2.75, 3.05) is 18.8 Å². The van der Waals surface area contributed by atoms with Gasteiger partial charge in [0.25, 0.3) is 0 Å². The maximum Gasteiger partial charge on any atom is 0.322 e. The summed E-state index contributed by atoms with van der Waals surface area (Å²) in [6.07, 6.45) is 1.76. The zero-order chi connectivity index (χ0) is 21.2. The Morgan fingerprint density at radius 3 is 2.41 bits per heavy atom. The number of thiol groups is 1. The number of hydrogen-bond donors (Lipinski definition) is 6. The van der Waals surface area contributed by atoms with Gasteiger partial charge in [-0.1, -0.05) is 30.3 Å². The van der Waals surface area contributed by atoms with Crippen molar-refractivity contribution in [2.45, 2.75) is 37.4 Å². The molecular formula is C19H26N4O5S. The molecule has 10 heteroatoms. The lowest BCUT2D eigenvalue weighted by Crippen LogP contribution is -2.57. The van der Waals surface area contributed by atoms with Crippen LogP contribution in [0.1, 0.15) is 18.4 Å². The van der Waals surface area contributed by atoms with Crippen molar-refractivity contribution in [3.63, 3.8) is 0 Å². The Balaban J connectivity index is 2.03. The van der Waals surface area contributed by atoms with Crippen molar-refractivity contribution in [3.05, 3.63) is 35.9 Å². The lowest BCUT2D eigenvalue weighted by molar-refractivity contribution is -0.138. The molecule has 1 aromatic rings. The molecular weight excluding hydrogens is 396 g/mol. The highest BCUT2D eigenvalue weighted by Crippen LogP contribution is 2.07. The first kappa shape index (κ1) is 22.7. The highest BCUT2D eigenvalue weighted by Gasteiger charge is 2.29. The van der Waals surface area contributed by atoms with Gasteiger partial charge in [-0.3, -0.25) is 19.2 Å². The first-order chi connectivity index (χ1) is 13.9. The van der Waals surface area contributed by atoms with Crippen LogP contribution in [0.15, 0.2) is 30.3 Å². The van der Waals surface area contributed by atoms with E-state index >= 15 is 0 Å². The predicted molar refractivity (Wildman–Crippen MR) is 110 cm³/mol. The van der Waals surface area contributed by atoms with Crippen LogP contribution >= 0.6 is 12.6 Å². The molecule has 158 valence electrons. The van der Waals surface area contributed by atoms with Crippen molar-refractivity contribution >= 4 is 36.3 Å². The molecule has 3 unspecified atom stereocenters. The maximum atomic E-state index is 12.7. The van der Waals surface area contributed by atoms with Crippen molar-refractivity contribution in [1.82, 2.24) is 21.3 Å². The minimum absolute atomic E-state index is 0.0547. The fraction of sp³-hybridized carbons (Fsp3) is 0.474. The van der Waals surface area contributed by atoms with E-state index in [1.165, 1.54) is 0 Å². The number of carbonyl (C=O) groups is 4. The number of hydrogen-bond acceptors (Lipinski definition) is 6. The number of nitrogens with one attached hydrogen (secondary N) is 4. The third kappa shape index (κ3) is 7.39. The molecule has 2 rings (SSSR count). The summed E-state index contributed by atoms with van der Waals surface area (Å²) in [5.41, 5.74) is 0.796. The molecule has 0 saturated carbocycles. The van der Waals surface area contributed by atoms with Gasteiger partial charge in [0.15, 0.2) is 0 Å². The highest BCUT2D eigenvalue weighted by molar-refractivity contribution is 7.80. The minimum Gasteiger partial charge on any atom is -0.480 e. The molecule has 0 spiro atoms. The first-order valence-corrected chi connectivity index (χ1v) is 10.0. The van der Waals surface area contributed by atoms with E-state index in [0.717, 1.165) is 18.5 Å². The molecule has 1 fully saturated rings. The van der Waals surface area contributed by atoms with Crippen LogP contribution in [0.4, 0.5) is 0 Å². The monoisotopic (exact) mass is 422 g/mol. The van der Waals surface area contributed by atoms with Crippen LogP contribution in [0.3, 0.4) is 0 Å². The largest absolute Gasteiger partial charge is 0.480 e. The van der Waals surface area contributed by atoms with Crippen LogP contribution in [0.5, 0.6) is 0 Å². The van der Waals surface area contributed by atoms with Crippen LogP contribution < -0.4 is 21.3 Å². The molecule has 0 bridgehead atoms. The van der Waals surface area contributed by atoms with Gasteiger partial charge in [-0.25, -0.2) is 0 Å². The number of benzene rings is 1. The van der Waals surface area contributed by atoms with E-state index in [9.17, 15) is 19.2 Å².